The molecule has 0 unspecified atom stereocenters. The predicted molar refractivity (Wildman–Crippen MR) is 95.9 cm³/mol. The molecule has 0 bridgehead atoms. The summed E-state index contributed by atoms with van der Waals surface area (Å²) in [5.41, 5.74) is 2.17. The van der Waals surface area contributed by atoms with E-state index in [4.69, 9.17) is 11.6 Å². The van der Waals surface area contributed by atoms with Crippen LogP contribution in [0.2, 0.25) is 5.02 Å². The molecule has 0 aliphatic carbocycles. The Kier molecular flexibility index (Phi) is 6.19. The summed E-state index contributed by atoms with van der Waals surface area (Å²) in [6, 6.07) is 12.4. The van der Waals surface area contributed by atoms with E-state index in [-0.39, 0.29) is 24.8 Å². The van der Waals surface area contributed by atoms with Crippen LogP contribution in [0.15, 0.2) is 46.9 Å². The molecule has 2 rings (SSSR count). The molecule has 4 nitrogen and oxygen atoms in total. The molecule has 0 aliphatic heterocycles. The van der Waals surface area contributed by atoms with Crippen LogP contribution in [-0.4, -0.2) is 18.4 Å². The zero-order valence-corrected chi connectivity index (χ0v) is 14.9. The van der Waals surface area contributed by atoms with Gasteiger partial charge in [-0.25, -0.2) is 0 Å². The fraction of sp³-hybridized carbons (Fsp3) is 0.176. The Morgan fingerprint density at radius 2 is 1.91 bits per heavy atom. The Morgan fingerprint density at radius 3 is 2.61 bits per heavy atom. The fourth-order valence-electron chi connectivity index (χ4n) is 1.98. The third-order valence-corrected chi connectivity index (χ3v) is 4.42. The van der Waals surface area contributed by atoms with E-state index >= 15 is 0 Å². The zero-order chi connectivity index (χ0) is 16.8. The van der Waals surface area contributed by atoms with Gasteiger partial charge in [0.1, 0.15) is 0 Å². The van der Waals surface area contributed by atoms with Crippen molar-refractivity contribution in [3.8, 4) is 0 Å². The number of amides is 2. The largest absolute Gasteiger partial charge is 0.351 e. The molecule has 120 valence electrons. The summed E-state index contributed by atoms with van der Waals surface area (Å²) in [5, 5.41) is 5.87. The highest BCUT2D eigenvalue weighted by atomic mass is 79.9. The second kappa shape index (κ2) is 8.13. The Morgan fingerprint density at radius 1 is 1.17 bits per heavy atom. The SMILES string of the molecule is Cc1cc(NC(=O)CCNC(=O)c2ccccc2Cl)ccc1Br. The molecule has 2 aromatic carbocycles. The van der Waals surface area contributed by atoms with Crippen molar-refractivity contribution in [2.75, 3.05) is 11.9 Å². The minimum absolute atomic E-state index is 0.161. The number of rotatable bonds is 5. The van der Waals surface area contributed by atoms with E-state index in [0.29, 0.717) is 10.6 Å². The normalized spacial score (nSPS) is 10.2. The van der Waals surface area contributed by atoms with Crippen LogP contribution in [0.4, 0.5) is 5.69 Å². The van der Waals surface area contributed by atoms with Gasteiger partial charge in [0.25, 0.3) is 5.91 Å². The van der Waals surface area contributed by atoms with Crippen LogP contribution in [0.25, 0.3) is 0 Å². The first-order valence-corrected chi connectivity index (χ1v) is 8.23. The maximum Gasteiger partial charge on any atom is 0.252 e. The molecule has 2 N–H and O–H groups in total. The van der Waals surface area contributed by atoms with Crippen LogP contribution in [0, 0.1) is 6.92 Å². The Balaban J connectivity index is 1.82. The van der Waals surface area contributed by atoms with Crippen molar-refractivity contribution < 1.29 is 9.59 Å². The summed E-state index contributed by atoms with van der Waals surface area (Å²) in [4.78, 5) is 23.8. The quantitative estimate of drug-likeness (QED) is 0.798. The molecular weight excluding hydrogens is 380 g/mol. The summed E-state index contributed by atoms with van der Waals surface area (Å²) < 4.78 is 0.988. The molecule has 0 fully saturated rings. The fourth-order valence-corrected chi connectivity index (χ4v) is 2.44. The van der Waals surface area contributed by atoms with Crippen molar-refractivity contribution in [2.45, 2.75) is 13.3 Å². The number of aryl methyl sites for hydroxylation is 1. The molecule has 0 spiro atoms. The van der Waals surface area contributed by atoms with Gasteiger partial charge in [0, 0.05) is 23.1 Å². The van der Waals surface area contributed by atoms with Crippen molar-refractivity contribution in [1.29, 1.82) is 0 Å². The number of anilines is 1. The average Bonchev–Trinajstić information content (AvgIpc) is 2.51. The van der Waals surface area contributed by atoms with E-state index in [0.717, 1.165) is 15.7 Å². The smallest absolute Gasteiger partial charge is 0.252 e. The number of carbonyl (C=O) groups is 2. The van der Waals surface area contributed by atoms with Crippen LogP contribution in [0.5, 0.6) is 0 Å². The molecule has 2 amide bonds. The standard InChI is InChI=1S/C17H16BrClN2O2/c1-11-10-12(6-7-14(11)18)21-16(22)8-9-20-17(23)13-4-2-3-5-15(13)19/h2-7,10H,8-9H2,1H3,(H,20,23)(H,21,22). The number of carbonyl (C=O) groups excluding carboxylic acids is 2. The maximum atomic E-state index is 12.0. The van der Waals surface area contributed by atoms with Gasteiger partial charge in [0.05, 0.1) is 10.6 Å². The lowest BCUT2D eigenvalue weighted by molar-refractivity contribution is -0.116. The third kappa shape index (κ3) is 5.08. The van der Waals surface area contributed by atoms with E-state index in [1.807, 2.05) is 25.1 Å². The number of halogens is 2. The highest BCUT2D eigenvalue weighted by molar-refractivity contribution is 9.10. The van der Waals surface area contributed by atoms with E-state index in [1.54, 1.807) is 24.3 Å². The van der Waals surface area contributed by atoms with Crippen LogP contribution in [0.3, 0.4) is 0 Å². The van der Waals surface area contributed by atoms with Gasteiger partial charge in [-0.1, -0.05) is 39.7 Å². The van der Waals surface area contributed by atoms with Crippen molar-refractivity contribution in [1.82, 2.24) is 5.32 Å². The second-order valence-electron chi connectivity index (χ2n) is 5.00. The van der Waals surface area contributed by atoms with Crippen LogP contribution in [0.1, 0.15) is 22.3 Å². The highest BCUT2D eigenvalue weighted by Gasteiger charge is 2.10. The number of nitrogens with one attached hydrogen (secondary N) is 2. The van der Waals surface area contributed by atoms with E-state index in [2.05, 4.69) is 26.6 Å². The lowest BCUT2D eigenvalue weighted by atomic mass is 10.2. The molecule has 0 aliphatic rings. The first kappa shape index (κ1) is 17.5. The average molecular weight is 396 g/mol. The molecule has 23 heavy (non-hydrogen) atoms. The van der Waals surface area contributed by atoms with E-state index in [1.165, 1.54) is 0 Å². The Bertz CT molecular complexity index is 734. The topological polar surface area (TPSA) is 58.2 Å². The molecule has 2 aromatic rings. The zero-order valence-electron chi connectivity index (χ0n) is 12.5. The predicted octanol–water partition coefficient (Wildman–Crippen LogP) is 4.17. The van der Waals surface area contributed by atoms with Crippen molar-refractivity contribution in [3.05, 3.63) is 63.1 Å². The molecule has 0 aromatic heterocycles. The van der Waals surface area contributed by atoms with Gasteiger partial charge in [-0.3, -0.25) is 9.59 Å². The first-order valence-electron chi connectivity index (χ1n) is 7.06. The third-order valence-electron chi connectivity index (χ3n) is 3.20. The number of benzene rings is 2. The minimum atomic E-state index is -0.289. The molecule has 0 heterocycles. The van der Waals surface area contributed by atoms with Gasteiger partial charge in [-0.2, -0.15) is 0 Å². The molecule has 0 radical (unpaired) electrons. The van der Waals surface area contributed by atoms with Crippen molar-refractivity contribution in [3.63, 3.8) is 0 Å². The second-order valence-corrected chi connectivity index (χ2v) is 6.26. The summed E-state index contributed by atoms with van der Waals surface area (Å²) in [5.74, 6) is -0.450. The van der Waals surface area contributed by atoms with Gasteiger partial charge >= 0.3 is 0 Å². The lowest BCUT2D eigenvalue weighted by Crippen LogP contribution is -2.27. The molecule has 0 saturated heterocycles. The summed E-state index contributed by atoms with van der Waals surface area (Å²) >= 11 is 9.36. The van der Waals surface area contributed by atoms with Gasteiger partial charge in [0.2, 0.25) is 5.91 Å². The van der Waals surface area contributed by atoms with Gasteiger partial charge in [0.15, 0.2) is 0 Å². The van der Waals surface area contributed by atoms with Crippen LogP contribution in [-0.2, 0) is 4.79 Å². The maximum absolute atomic E-state index is 12.0. The summed E-state index contributed by atoms with van der Waals surface area (Å²) in [6.45, 7) is 2.19. The summed E-state index contributed by atoms with van der Waals surface area (Å²) in [7, 11) is 0. The number of hydrogen-bond donors (Lipinski definition) is 2. The Hall–Kier alpha value is -1.85. The molecule has 0 atom stereocenters. The van der Waals surface area contributed by atoms with Crippen LogP contribution >= 0.6 is 27.5 Å². The summed E-state index contributed by atoms with van der Waals surface area (Å²) in [6.07, 6.45) is 0.186. The van der Waals surface area contributed by atoms with Crippen LogP contribution < -0.4 is 10.6 Å². The van der Waals surface area contributed by atoms with E-state index in [9.17, 15) is 9.59 Å². The highest BCUT2D eigenvalue weighted by Crippen LogP contribution is 2.20. The van der Waals surface area contributed by atoms with Gasteiger partial charge in [-0.05, 0) is 42.8 Å². The Labute approximate surface area is 148 Å². The number of hydrogen-bond acceptors (Lipinski definition) is 2. The molecule has 0 saturated carbocycles. The van der Waals surface area contributed by atoms with Gasteiger partial charge in [-0.15, -0.1) is 0 Å². The first-order chi connectivity index (χ1) is 11.0. The minimum Gasteiger partial charge on any atom is -0.351 e. The molecule has 6 heteroatoms. The van der Waals surface area contributed by atoms with Crippen molar-refractivity contribution >= 4 is 45.0 Å². The lowest BCUT2D eigenvalue weighted by Gasteiger charge is -2.08. The molecular formula is C17H16BrClN2O2. The monoisotopic (exact) mass is 394 g/mol. The van der Waals surface area contributed by atoms with Gasteiger partial charge < -0.3 is 10.6 Å². The van der Waals surface area contributed by atoms with E-state index < -0.39 is 0 Å². The van der Waals surface area contributed by atoms with Crippen molar-refractivity contribution in [2.24, 2.45) is 0 Å².